The zero-order chi connectivity index (χ0) is 23.2. The number of hydrogen-bond donors (Lipinski definition) is 1. The molecule has 7 nitrogen and oxygen atoms in total. The highest BCUT2D eigenvalue weighted by Gasteiger charge is 2.12. The summed E-state index contributed by atoms with van der Waals surface area (Å²) in [7, 11) is 0. The lowest BCUT2D eigenvalue weighted by Gasteiger charge is -2.09. The normalized spacial score (nSPS) is 10.5. The van der Waals surface area contributed by atoms with Crippen molar-refractivity contribution in [1.29, 1.82) is 0 Å². The highest BCUT2D eigenvalue weighted by atomic mass is 32.1. The topological polar surface area (TPSA) is 77.2 Å². The predicted molar refractivity (Wildman–Crippen MR) is 136 cm³/mol. The van der Waals surface area contributed by atoms with Crippen LogP contribution in [0.5, 0.6) is 11.6 Å². The molecule has 5 aromatic rings. The highest BCUT2D eigenvalue weighted by Crippen LogP contribution is 2.31. The number of benzene rings is 2. The van der Waals surface area contributed by atoms with E-state index in [4.69, 9.17) is 4.74 Å². The van der Waals surface area contributed by atoms with Gasteiger partial charge in [0.25, 0.3) is 6.54 Å². The molecule has 5 rings (SSSR count). The molecule has 0 saturated heterocycles. The zero-order valence-corrected chi connectivity index (χ0v) is 19.3. The molecule has 166 valence electrons. The standard InChI is InChI=1S/C26H21N6OS/c1-2-13-27-17-20-8-7-18(16-30-20)24-25(29-15-14-28-24)33-21-11-9-19(10-12-21)31-26-32-22-5-3-4-6-23(22)34-26/h3-12,14-16H,2,13H2,1H3,(H,31,32)/q+1. The van der Waals surface area contributed by atoms with Crippen LogP contribution < -0.4 is 10.1 Å². The quantitative estimate of drug-likeness (QED) is 0.298. The van der Waals surface area contributed by atoms with E-state index in [1.165, 1.54) is 0 Å². The van der Waals surface area contributed by atoms with E-state index in [9.17, 15) is 0 Å². The number of para-hydroxylation sites is 1. The highest BCUT2D eigenvalue weighted by molar-refractivity contribution is 7.22. The van der Waals surface area contributed by atoms with Crippen molar-refractivity contribution in [3.8, 4) is 29.0 Å². The van der Waals surface area contributed by atoms with Crippen molar-refractivity contribution >= 4 is 32.4 Å². The van der Waals surface area contributed by atoms with Crippen molar-refractivity contribution in [2.24, 2.45) is 0 Å². The van der Waals surface area contributed by atoms with E-state index in [-0.39, 0.29) is 0 Å². The summed E-state index contributed by atoms with van der Waals surface area (Å²) in [6, 6.07) is 22.4. The number of pyridine rings is 1. The van der Waals surface area contributed by atoms with Crippen LogP contribution in [-0.2, 0) is 0 Å². The molecule has 34 heavy (non-hydrogen) atoms. The van der Waals surface area contributed by atoms with Gasteiger partial charge in [-0.25, -0.2) is 19.9 Å². The van der Waals surface area contributed by atoms with Crippen molar-refractivity contribution in [2.45, 2.75) is 13.3 Å². The number of hydrogen-bond acceptors (Lipinski definition) is 7. The summed E-state index contributed by atoms with van der Waals surface area (Å²) in [5.41, 5.74) is 4.01. The molecular formula is C26H21N6OS+. The number of thiazole rings is 1. The van der Waals surface area contributed by atoms with E-state index < -0.39 is 0 Å². The Kier molecular flexibility index (Phi) is 6.36. The second-order valence-electron chi connectivity index (χ2n) is 7.37. The van der Waals surface area contributed by atoms with Crippen molar-refractivity contribution in [1.82, 2.24) is 19.9 Å². The fraction of sp³-hybridized carbons (Fsp3) is 0.115. The Morgan fingerprint density at radius 2 is 1.82 bits per heavy atom. The second-order valence-corrected chi connectivity index (χ2v) is 8.40. The van der Waals surface area contributed by atoms with E-state index in [0.29, 0.717) is 23.0 Å². The first-order valence-electron chi connectivity index (χ1n) is 10.9. The summed E-state index contributed by atoms with van der Waals surface area (Å²) in [5, 5.41) is 4.19. The Bertz CT molecular complexity index is 1440. The van der Waals surface area contributed by atoms with E-state index in [1.54, 1.807) is 29.9 Å². The van der Waals surface area contributed by atoms with Gasteiger partial charge in [-0.1, -0.05) is 35.2 Å². The van der Waals surface area contributed by atoms with Crippen LogP contribution in [0, 0.1) is 6.07 Å². The van der Waals surface area contributed by atoms with Gasteiger partial charge in [0.15, 0.2) is 10.8 Å². The van der Waals surface area contributed by atoms with Gasteiger partial charge in [-0.15, -0.1) is 0 Å². The first-order valence-corrected chi connectivity index (χ1v) is 11.7. The minimum atomic E-state index is 0.410. The van der Waals surface area contributed by atoms with Crippen LogP contribution in [-0.4, -0.2) is 26.5 Å². The van der Waals surface area contributed by atoms with Crippen LogP contribution in [0.2, 0.25) is 0 Å². The molecule has 0 fully saturated rings. The third kappa shape index (κ3) is 5.00. The minimum Gasteiger partial charge on any atom is -0.437 e. The van der Waals surface area contributed by atoms with Crippen LogP contribution >= 0.6 is 11.3 Å². The third-order valence-electron chi connectivity index (χ3n) is 4.84. The number of anilines is 2. The summed E-state index contributed by atoms with van der Waals surface area (Å²) in [4.78, 5) is 22.1. The molecule has 0 spiro atoms. The largest absolute Gasteiger partial charge is 0.437 e. The lowest BCUT2D eigenvalue weighted by molar-refractivity contribution is 0.462. The van der Waals surface area contributed by atoms with Gasteiger partial charge in [-0.05, 0) is 48.5 Å². The van der Waals surface area contributed by atoms with Gasteiger partial charge in [0, 0.05) is 36.3 Å². The smallest absolute Gasteiger partial charge is 0.331 e. The number of nitrogens with zero attached hydrogens (tertiary/aromatic N) is 5. The fourth-order valence-electron chi connectivity index (χ4n) is 3.21. The Morgan fingerprint density at radius 3 is 2.62 bits per heavy atom. The summed E-state index contributed by atoms with van der Waals surface area (Å²) in [5.74, 6) is 1.06. The second kappa shape index (κ2) is 10.1. The van der Waals surface area contributed by atoms with Gasteiger partial charge in [0.2, 0.25) is 5.88 Å². The number of ether oxygens (including phenoxy) is 1. The van der Waals surface area contributed by atoms with Crippen molar-refractivity contribution in [2.75, 3.05) is 11.9 Å². The van der Waals surface area contributed by atoms with Crippen LogP contribution in [0.3, 0.4) is 0 Å². The number of nitrogens with one attached hydrogen (secondary N) is 1. The SMILES string of the molecule is CCC[N+]#Cc1ccc(-c2nccnc2Oc2ccc(Nc3nc4ccccc4s3)cc2)cn1. The maximum absolute atomic E-state index is 6.05. The van der Waals surface area contributed by atoms with E-state index in [1.807, 2.05) is 54.6 Å². The molecule has 0 radical (unpaired) electrons. The molecule has 0 unspecified atom stereocenters. The molecule has 0 bridgehead atoms. The van der Waals surface area contributed by atoms with E-state index in [2.05, 4.69) is 49.2 Å². The predicted octanol–water partition coefficient (Wildman–Crippen LogP) is 6.78. The molecule has 0 saturated carbocycles. The molecule has 3 heterocycles. The summed E-state index contributed by atoms with van der Waals surface area (Å²) < 4.78 is 7.20. The summed E-state index contributed by atoms with van der Waals surface area (Å²) >= 11 is 1.62. The average molecular weight is 466 g/mol. The maximum Gasteiger partial charge on any atom is 0.331 e. The molecule has 0 aliphatic rings. The van der Waals surface area contributed by atoms with Crippen LogP contribution in [0.25, 0.3) is 26.3 Å². The van der Waals surface area contributed by atoms with Gasteiger partial charge < -0.3 is 10.1 Å². The Balaban J connectivity index is 1.31. The van der Waals surface area contributed by atoms with Crippen molar-refractivity contribution in [3.05, 3.63) is 89.8 Å². The molecule has 1 N–H and O–H groups in total. The number of rotatable bonds is 6. The average Bonchev–Trinajstić information content (AvgIpc) is 3.29. The number of aromatic nitrogens is 4. The lowest BCUT2D eigenvalue weighted by Crippen LogP contribution is -1.95. The summed E-state index contributed by atoms with van der Waals surface area (Å²) in [6.45, 7) is 2.81. The van der Waals surface area contributed by atoms with Crippen LogP contribution in [0.15, 0.2) is 79.3 Å². The Morgan fingerprint density at radius 1 is 0.971 bits per heavy atom. The van der Waals surface area contributed by atoms with Gasteiger partial charge in [0.05, 0.1) is 10.2 Å². The van der Waals surface area contributed by atoms with Gasteiger partial charge in [-0.2, -0.15) is 0 Å². The Labute approximate surface area is 201 Å². The third-order valence-corrected chi connectivity index (χ3v) is 5.80. The minimum absolute atomic E-state index is 0.410. The molecule has 0 aliphatic carbocycles. The van der Waals surface area contributed by atoms with Crippen molar-refractivity contribution < 1.29 is 4.74 Å². The molecule has 0 atom stereocenters. The molecule has 8 heteroatoms. The number of fused-ring (bicyclic) bond motifs is 1. The first kappa shape index (κ1) is 21.5. The molecule has 2 aromatic carbocycles. The van der Waals surface area contributed by atoms with Crippen LogP contribution in [0.1, 0.15) is 19.0 Å². The first-order chi connectivity index (χ1) is 16.8. The maximum atomic E-state index is 6.05. The van der Waals surface area contributed by atoms with Crippen molar-refractivity contribution in [3.63, 3.8) is 0 Å². The molecule has 3 aromatic heterocycles. The molecular weight excluding hydrogens is 444 g/mol. The van der Waals surface area contributed by atoms with Gasteiger partial charge >= 0.3 is 6.07 Å². The molecule has 0 amide bonds. The van der Waals surface area contributed by atoms with Crippen LogP contribution in [0.4, 0.5) is 10.8 Å². The molecule has 0 aliphatic heterocycles. The summed E-state index contributed by atoms with van der Waals surface area (Å²) in [6.07, 6.45) is 5.95. The fourth-order valence-corrected chi connectivity index (χ4v) is 4.10. The lowest BCUT2D eigenvalue weighted by atomic mass is 10.2. The monoisotopic (exact) mass is 465 g/mol. The zero-order valence-electron chi connectivity index (χ0n) is 18.5. The van der Waals surface area contributed by atoms with E-state index >= 15 is 0 Å². The Hall–Kier alpha value is -4.35. The van der Waals surface area contributed by atoms with E-state index in [0.717, 1.165) is 39.6 Å². The van der Waals surface area contributed by atoms with Gasteiger partial charge in [-0.3, -0.25) is 0 Å². The van der Waals surface area contributed by atoms with Gasteiger partial charge in [0.1, 0.15) is 11.4 Å².